The van der Waals surface area contributed by atoms with E-state index in [0.717, 1.165) is 31.0 Å². The molecule has 0 saturated carbocycles. The molecule has 4 nitrogen and oxygen atoms in total. The van der Waals surface area contributed by atoms with Crippen LogP contribution in [0.15, 0.2) is 34.7 Å². The summed E-state index contributed by atoms with van der Waals surface area (Å²) in [5.74, 6) is 1.57. The molecule has 0 saturated heterocycles. The molecule has 104 valence electrons. The van der Waals surface area contributed by atoms with Crippen LogP contribution in [0.2, 0.25) is 0 Å². The fraction of sp³-hybridized carbons (Fsp3) is 0.312. The third-order valence-electron chi connectivity index (χ3n) is 3.57. The monoisotopic (exact) mass is 270 g/mol. The van der Waals surface area contributed by atoms with Crippen molar-refractivity contribution in [1.29, 1.82) is 0 Å². The van der Waals surface area contributed by atoms with Crippen molar-refractivity contribution in [3.63, 3.8) is 0 Å². The van der Waals surface area contributed by atoms with Gasteiger partial charge in [-0.25, -0.2) is 0 Å². The number of carbonyl (C=O) groups is 1. The highest BCUT2D eigenvalue weighted by molar-refractivity contribution is 5.94. The summed E-state index contributed by atoms with van der Waals surface area (Å²) < 4.78 is 5.44. The van der Waals surface area contributed by atoms with Crippen LogP contribution in [-0.2, 0) is 19.5 Å². The van der Waals surface area contributed by atoms with Gasteiger partial charge in [0.05, 0.1) is 6.54 Å². The number of benzene rings is 1. The predicted octanol–water partition coefficient (Wildman–Crippen LogP) is 2.16. The van der Waals surface area contributed by atoms with E-state index in [4.69, 9.17) is 4.42 Å². The van der Waals surface area contributed by atoms with E-state index < -0.39 is 0 Å². The second-order valence-electron chi connectivity index (χ2n) is 5.11. The molecule has 1 aromatic carbocycles. The van der Waals surface area contributed by atoms with Crippen LogP contribution >= 0.6 is 0 Å². The van der Waals surface area contributed by atoms with E-state index in [2.05, 4.69) is 16.7 Å². The quantitative estimate of drug-likeness (QED) is 0.898. The molecule has 0 aliphatic carbocycles. The number of hydrogen-bond donors (Lipinski definition) is 2. The van der Waals surface area contributed by atoms with E-state index in [1.54, 1.807) is 0 Å². The van der Waals surface area contributed by atoms with Crippen LogP contribution in [0.3, 0.4) is 0 Å². The molecule has 1 aliphatic heterocycles. The molecule has 1 aromatic heterocycles. The molecular formula is C16H18N2O2. The van der Waals surface area contributed by atoms with Crippen molar-refractivity contribution in [3.05, 3.63) is 58.5 Å². The third-order valence-corrected chi connectivity index (χ3v) is 3.57. The molecule has 0 unspecified atom stereocenters. The van der Waals surface area contributed by atoms with Crippen molar-refractivity contribution < 1.29 is 9.21 Å². The molecule has 4 heteroatoms. The summed E-state index contributed by atoms with van der Waals surface area (Å²) in [6.07, 6.45) is 1.03. The smallest absolute Gasteiger partial charge is 0.251 e. The number of aryl methyl sites for hydroxylation is 1. The van der Waals surface area contributed by atoms with Crippen LogP contribution in [0.25, 0.3) is 0 Å². The molecule has 1 amide bonds. The Morgan fingerprint density at radius 2 is 2.20 bits per heavy atom. The largest absolute Gasteiger partial charge is 0.465 e. The lowest BCUT2D eigenvalue weighted by atomic mass is 9.98. The van der Waals surface area contributed by atoms with Crippen molar-refractivity contribution >= 4 is 5.91 Å². The van der Waals surface area contributed by atoms with Crippen molar-refractivity contribution in [1.82, 2.24) is 10.6 Å². The van der Waals surface area contributed by atoms with Gasteiger partial charge >= 0.3 is 0 Å². The minimum atomic E-state index is -0.0626. The van der Waals surface area contributed by atoms with Gasteiger partial charge in [0.2, 0.25) is 0 Å². The van der Waals surface area contributed by atoms with Gasteiger partial charge < -0.3 is 15.1 Å². The van der Waals surface area contributed by atoms with Crippen molar-refractivity contribution in [2.24, 2.45) is 0 Å². The first-order chi connectivity index (χ1) is 9.72. The van der Waals surface area contributed by atoms with Crippen molar-refractivity contribution in [2.75, 3.05) is 6.54 Å². The summed E-state index contributed by atoms with van der Waals surface area (Å²) >= 11 is 0. The highest BCUT2D eigenvalue weighted by Crippen LogP contribution is 2.16. The minimum absolute atomic E-state index is 0.0626. The summed E-state index contributed by atoms with van der Waals surface area (Å²) in [7, 11) is 0. The predicted molar refractivity (Wildman–Crippen MR) is 76.5 cm³/mol. The zero-order chi connectivity index (χ0) is 13.9. The van der Waals surface area contributed by atoms with E-state index in [9.17, 15) is 4.79 Å². The van der Waals surface area contributed by atoms with E-state index in [0.29, 0.717) is 12.1 Å². The Balaban J connectivity index is 1.67. The first kappa shape index (κ1) is 12.9. The van der Waals surface area contributed by atoms with Crippen LogP contribution in [0.5, 0.6) is 0 Å². The SMILES string of the molecule is Cc1ccc(CNC(=O)c2ccc3c(c2)CNCC3)o1. The van der Waals surface area contributed by atoms with Gasteiger partial charge in [-0.2, -0.15) is 0 Å². The number of hydrogen-bond acceptors (Lipinski definition) is 3. The number of rotatable bonds is 3. The average molecular weight is 270 g/mol. The molecule has 0 spiro atoms. The van der Waals surface area contributed by atoms with E-state index in [1.807, 2.05) is 31.2 Å². The number of furan rings is 1. The summed E-state index contributed by atoms with van der Waals surface area (Å²) in [6.45, 7) is 4.16. The molecule has 2 N–H and O–H groups in total. The highest BCUT2D eigenvalue weighted by atomic mass is 16.3. The Bertz CT molecular complexity index is 631. The molecule has 3 rings (SSSR count). The van der Waals surface area contributed by atoms with Crippen LogP contribution in [0.1, 0.15) is 33.0 Å². The van der Waals surface area contributed by atoms with Crippen LogP contribution in [-0.4, -0.2) is 12.5 Å². The lowest BCUT2D eigenvalue weighted by Crippen LogP contribution is -2.26. The summed E-state index contributed by atoms with van der Waals surface area (Å²) in [4.78, 5) is 12.1. The van der Waals surface area contributed by atoms with Gasteiger partial charge in [0.15, 0.2) is 0 Å². The minimum Gasteiger partial charge on any atom is -0.465 e. The lowest BCUT2D eigenvalue weighted by molar-refractivity contribution is 0.0947. The van der Waals surface area contributed by atoms with Gasteiger partial charge in [0.1, 0.15) is 11.5 Å². The maximum absolute atomic E-state index is 12.1. The first-order valence-corrected chi connectivity index (χ1v) is 6.88. The zero-order valence-corrected chi connectivity index (χ0v) is 11.5. The van der Waals surface area contributed by atoms with Gasteiger partial charge in [-0.3, -0.25) is 4.79 Å². The highest BCUT2D eigenvalue weighted by Gasteiger charge is 2.12. The average Bonchev–Trinajstić information content (AvgIpc) is 2.90. The van der Waals surface area contributed by atoms with Crippen molar-refractivity contribution in [2.45, 2.75) is 26.4 Å². The molecule has 2 heterocycles. The van der Waals surface area contributed by atoms with Gasteiger partial charge in [-0.05, 0) is 55.3 Å². The van der Waals surface area contributed by atoms with Crippen LogP contribution in [0.4, 0.5) is 0 Å². The summed E-state index contributed by atoms with van der Waals surface area (Å²) in [5.41, 5.74) is 3.26. The maximum Gasteiger partial charge on any atom is 0.251 e. The van der Waals surface area contributed by atoms with Crippen LogP contribution in [0, 0.1) is 6.92 Å². The van der Waals surface area contributed by atoms with E-state index >= 15 is 0 Å². The number of nitrogens with one attached hydrogen (secondary N) is 2. The van der Waals surface area contributed by atoms with Gasteiger partial charge in [-0.1, -0.05) is 6.07 Å². The second-order valence-corrected chi connectivity index (χ2v) is 5.11. The standard InChI is InChI=1S/C16H18N2O2/c1-11-2-5-15(20-11)10-18-16(19)13-4-3-12-6-7-17-9-14(12)8-13/h2-5,8,17H,6-7,9-10H2,1H3,(H,18,19). The Labute approximate surface area is 118 Å². The topological polar surface area (TPSA) is 54.3 Å². The Kier molecular flexibility index (Phi) is 3.56. The molecular weight excluding hydrogens is 252 g/mol. The fourth-order valence-corrected chi connectivity index (χ4v) is 2.47. The van der Waals surface area contributed by atoms with E-state index in [1.165, 1.54) is 11.1 Å². The fourth-order valence-electron chi connectivity index (χ4n) is 2.47. The Hall–Kier alpha value is -2.07. The molecule has 20 heavy (non-hydrogen) atoms. The van der Waals surface area contributed by atoms with Crippen LogP contribution < -0.4 is 10.6 Å². The molecule has 0 bridgehead atoms. The van der Waals surface area contributed by atoms with Gasteiger partial charge in [0.25, 0.3) is 5.91 Å². The summed E-state index contributed by atoms with van der Waals surface area (Å²) in [5, 5.41) is 6.20. The molecule has 2 aromatic rings. The molecule has 0 fully saturated rings. The molecule has 0 radical (unpaired) electrons. The molecule has 1 aliphatic rings. The van der Waals surface area contributed by atoms with Gasteiger partial charge in [0, 0.05) is 12.1 Å². The number of fused-ring (bicyclic) bond motifs is 1. The normalized spacial score (nSPS) is 13.8. The Morgan fingerprint density at radius 3 is 3.00 bits per heavy atom. The number of carbonyl (C=O) groups excluding carboxylic acids is 1. The zero-order valence-electron chi connectivity index (χ0n) is 11.5. The van der Waals surface area contributed by atoms with Crippen molar-refractivity contribution in [3.8, 4) is 0 Å². The Morgan fingerprint density at radius 1 is 1.30 bits per heavy atom. The lowest BCUT2D eigenvalue weighted by Gasteiger charge is -2.17. The summed E-state index contributed by atoms with van der Waals surface area (Å²) in [6, 6.07) is 9.71. The molecule has 0 atom stereocenters. The third kappa shape index (κ3) is 2.75. The first-order valence-electron chi connectivity index (χ1n) is 6.88. The maximum atomic E-state index is 12.1. The second kappa shape index (κ2) is 5.51. The van der Waals surface area contributed by atoms with Gasteiger partial charge in [-0.15, -0.1) is 0 Å². The number of amides is 1. The van der Waals surface area contributed by atoms with E-state index in [-0.39, 0.29) is 5.91 Å².